The average molecular weight is 402 g/mol. The van der Waals surface area contributed by atoms with Crippen LogP contribution in [0, 0.1) is 40.4 Å². The fourth-order valence-corrected chi connectivity index (χ4v) is 8.06. The van der Waals surface area contributed by atoms with E-state index in [9.17, 15) is 0 Å². The van der Waals surface area contributed by atoms with Crippen molar-refractivity contribution in [2.45, 2.75) is 84.5 Å². The molecule has 3 saturated carbocycles. The van der Waals surface area contributed by atoms with E-state index in [1.165, 1.54) is 64.2 Å². The van der Waals surface area contributed by atoms with Crippen LogP contribution in [0.25, 0.3) is 0 Å². The van der Waals surface area contributed by atoms with Gasteiger partial charge in [-0.3, -0.25) is 9.68 Å². The summed E-state index contributed by atoms with van der Waals surface area (Å²) in [5.74, 6) is 4.44. The first-order valence-electron chi connectivity index (χ1n) is 12.4. The fraction of sp³-hybridized carbons (Fsp3) is 0.846. The van der Waals surface area contributed by atoms with Crippen molar-refractivity contribution < 1.29 is 9.68 Å². The highest BCUT2D eigenvalue weighted by Crippen LogP contribution is 2.67. The van der Waals surface area contributed by atoms with Crippen molar-refractivity contribution in [1.29, 1.82) is 0 Å². The van der Waals surface area contributed by atoms with Crippen molar-refractivity contribution in [3.05, 3.63) is 24.8 Å². The fourth-order valence-electron chi connectivity index (χ4n) is 8.06. The lowest BCUT2D eigenvalue weighted by Crippen LogP contribution is -2.54. The van der Waals surface area contributed by atoms with Crippen LogP contribution in [0.15, 0.2) is 24.8 Å². The van der Waals surface area contributed by atoms with E-state index in [-0.39, 0.29) is 0 Å². The van der Waals surface area contributed by atoms with Crippen LogP contribution in [-0.2, 0) is 9.68 Å². The SMILES string of the molecule is C=CCONOCCCCC1CCC2C1C=CC1C3(C)CCCCC3CCC21C. The molecule has 4 rings (SSSR count). The maximum atomic E-state index is 5.32. The minimum Gasteiger partial charge on any atom is -0.277 e. The van der Waals surface area contributed by atoms with Crippen LogP contribution in [0.1, 0.15) is 84.5 Å². The summed E-state index contributed by atoms with van der Waals surface area (Å²) >= 11 is 0. The summed E-state index contributed by atoms with van der Waals surface area (Å²) in [7, 11) is 0. The van der Waals surface area contributed by atoms with Gasteiger partial charge in [-0.2, -0.15) is 0 Å². The Bertz CT molecular complexity index is 589. The van der Waals surface area contributed by atoms with E-state index < -0.39 is 0 Å². The Kier molecular flexibility index (Phi) is 6.88. The second-order valence-electron chi connectivity index (χ2n) is 10.9. The van der Waals surface area contributed by atoms with Crippen LogP contribution < -0.4 is 5.64 Å². The molecule has 4 aliphatic carbocycles. The number of hydrogen-bond acceptors (Lipinski definition) is 3. The predicted molar refractivity (Wildman–Crippen MR) is 119 cm³/mol. The molecule has 0 aromatic rings. The zero-order valence-electron chi connectivity index (χ0n) is 18.8. The maximum absolute atomic E-state index is 5.32. The van der Waals surface area contributed by atoms with Gasteiger partial charge < -0.3 is 0 Å². The molecule has 7 atom stereocenters. The molecule has 3 heteroatoms. The molecule has 0 aromatic carbocycles. The van der Waals surface area contributed by atoms with Crippen LogP contribution in [-0.4, -0.2) is 13.2 Å². The molecule has 164 valence electrons. The monoisotopic (exact) mass is 401 g/mol. The van der Waals surface area contributed by atoms with E-state index >= 15 is 0 Å². The van der Waals surface area contributed by atoms with Gasteiger partial charge in [0.15, 0.2) is 0 Å². The maximum Gasteiger partial charge on any atom is 0.0888 e. The number of allylic oxidation sites excluding steroid dienone is 2. The highest BCUT2D eigenvalue weighted by Gasteiger charge is 2.59. The molecule has 29 heavy (non-hydrogen) atoms. The van der Waals surface area contributed by atoms with E-state index in [4.69, 9.17) is 9.68 Å². The highest BCUT2D eigenvalue weighted by atomic mass is 16.9. The topological polar surface area (TPSA) is 30.5 Å². The molecule has 1 N–H and O–H groups in total. The molecule has 3 nitrogen and oxygen atoms in total. The van der Waals surface area contributed by atoms with Gasteiger partial charge in [0, 0.05) is 0 Å². The van der Waals surface area contributed by atoms with Crippen LogP contribution >= 0.6 is 0 Å². The molecule has 7 unspecified atom stereocenters. The lowest BCUT2D eigenvalue weighted by molar-refractivity contribution is -0.163. The van der Waals surface area contributed by atoms with Gasteiger partial charge in [-0.25, -0.2) is 0 Å². The molecule has 4 aliphatic rings. The molecule has 0 aromatic heterocycles. The Hall–Kier alpha value is -0.640. The van der Waals surface area contributed by atoms with Crippen molar-refractivity contribution in [3.8, 4) is 0 Å². The molecule has 0 spiro atoms. The van der Waals surface area contributed by atoms with Gasteiger partial charge in [0.1, 0.15) is 0 Å². The second-order valence-corrected chi connectivity index (χ2v) is 10.9. The summed E-state index contributed by atoms with van der Waals surface area (Å²) < 4.78 is 0. The molecule has 0 aliphatic heterocycles. The predicted octanol–water partition coefficient (Wildman–Crippen LogP) is 6.62. The van der Waals surface area contributed by atoms with Crippen molar-refractivity contribution >= 4 is 0 Å². The second kappa shape index (κ2) is 9.24. The van der Waals surface area contributed by atoms with Gasteiger partial charge >= 0.3 is 0 Å². The normalized spacial score (nSPS) is 43.4. The van der Waals surface area contributed by atoms with Gasteiger partial charge in [-0.05, 0) is 91.8 Å². The lowest BCUT2D eigenvalue weighted by atomic mass is 9.43. The minimum atomic E-state index is 0.469. The largest absolute Gasteiger partial charge is 0.277 e. The average Bonchev–Trinajstić information content (AvgIpc) is 3.14. The van der Waals surface area contributed by atoms with E-state index in [1.807, 2.05) is 0 Å². The molecule has 0 amide bonds. The van der Waals surface area contributed by atoms with Gasteiger partial charge in [-0.15, -0.1) is 6.58 Å². The van der Waals surface area contributed by atoms with Crippen LogP contribution in [0.2, 0.25) is 0 Å². The van der Waals surface area contributed by atoms with E-state index in [0.29, 0.717) is 24.0 Å². The third-order valence-corrected chi connectivity index (χ3v) is 9.52. The first-order chi connectivity index (χ1) is 14.1. The molecular weight excluding hydrogens is 358 g/mol. The van der Waals surface area contributed by atoms with Gasteiger partial charge in [0.05, 0.1) is 13.2 Å². The lowest BCUT2D eigenvalue weighted by Gasteiger charge is -2.61. The molecular formula is C26H43NO2. The molecule has 3 fully saturated rings. The molecule has 0 bridgehead atoms. The van der Waals surface area contributed by atoms with Crippen molar-refractivity contribution in [2.24, 2.45) is 40.4 Å². The van der Waals surface area contributed by atoms with Crippen LogP contribution in [0.3, 0.4) is 0 Å². The first kappa shape index (κ1) is 21.6. The smallest absolute Gasteiger partial charge is 0.0888 e. The Morgan fingerprint density at radius 1 is 1.00 bits per heavy atom. The molecule has 0 heterocycles. The summed E-state index contributed by atoms with van der Waals surface area (Å²) in [6.07, 6.45) is 22.6. The Balaban J connectivity index is 1.32. The first-order valence-corrected chi connectivity index (χ1v) is 12.4. The highest BCUT2D eigenvalue weighted by molar-refractivity contribution is 5.19. The minimum absolute atomic E-state index is 0.469. The van der Waals surface area contributed by atoms with Crippen molar-refractivity contribution in [1.82, 2.24) is 5.64 Å². The van der Waals surface area contributed by atoms with Crippen molar-refractivity contribution in [3.63, 3.8) is 0 Å². The Morgan fingerprint density at radius 2 is 1.90 bits per heavy atom. The van der Waals surface area contributed by atoms with E-state index in [0.717, 1.165) is 36.0 Å². The Morgan fingerprint density at radius 3 is 2.76 bits per heavy atom. The Labute approximate surface area is 178 Å². The third kappa shape index (κ3) is 4.12. The van der Waals surface area contributed by atoms with Crippen LogP contribution in [0.5, 0.6) is 0 Å². The zero-order valence-corrected chi connectivity index (χ0v) is 18.8. The summed E-state index contributed by atoms with van der Waals surface area (Å²) in [4.78, 5) is 10.4. The number of nitrogens with one attached hydrogen (secondary N) is 1. The van der Waals surface area contributed by atoms with E-state index in [2.05, 4.69) is 38.2 Å². The molecule has 0 saturated heterocycles. The number of fused-ring (bicyclic) bond motifs is 5. The number of rotatable bonds is 9. The number of unbranched alkanes of at least 4 members (excludes halogenated alkanes) is 1. The van der Waals surface area contributed by atoms with Crippen LogP contribution in [0.4, 0.5) is 0 Å². The van der Waals surface area contributed by atoms with Gasteiger partial charge in [0.2, 0.25) is 0 Å². The summed E-state index contributed by atoms with van der Waals surface area (Å²) in [5.41, 5.74) is 3.66. The molecule has 0 radical (unpaired) electrons. The quantitative estimate of drug-likeness (QED) is 0.267. The van der Waals surface area contributed by atoms with Gasteiger partial charge in [-0.1, -0.05) is 57.0 Å². The standard InChI is InChI=1S/C26H43NO2/c1-4-18-28-27-29-19-8-6-9-20-11-13-23-22(20)12-14-24-25(2)16-7-5-10-21(25)15-17-26(23,24)3/h4,12,14,20-24,27H,1,5-11,13,15-19H2,2-3H3. The van der Waals surface area contributed by atoms with E-state index in [1.54, 1.807) is 6.08 Å². The van der Waals surface area contributed by atoms with Gasteiger partial charge in [0.25, 0.3) is 0 Å². The summed E-state index contributed by atoms with van der Waals surface area (Å²) in [6.45, 7) is 10.1. The zero-order chi connectivity index (χ0) is 20.3. The third-order valence-electron chi connectivity index (χ3n) is 9.52. The summed E-state index contributed by atoms with van der Waals surface area (Å²) in [6, 6.07) is 0. The van der Waals surface area contributed by atoms with Crippen molar-refractivity contribution in [2.75, 3.05) is 13.2 Å². The summed E-state index contributed by atoms with van der Waals surface area (Å²) in [5, 5.41) is 0. The number of hydrogen-bond donors (Lipinski definition) is 1.